The van der Waals surface area contributed by atoms with Gasteiger partial charge in [-0.1, -0.05) is 23.4 Å². The Kier molecular flexibility index (Phi) is 6.76. The van der Waals surface area contributed by atoms with Crippen molar-refractivity contribution in [2.24, 2.45) is 0 Å². The molecule has 0 spiro atoms. The van der Waals surface area contributed by atoms with Gasteiger partial charge in [0.05, 0.1) is 16.3 Å². The van der Waals surface area contributed by atoms with Crippen LogP contribution in [0.2, 0.25) is 0 Å². The summed E-state index contributed by atoms with van der Waals surface area (Å²) in [5.74, 6) is -0.380. The minimum Gasteiger partial charge on any atom is -0.321 e. The molecule has 0 saturated carbocycles. The van der Waals surface area contributed by atoms with Crippen LogP contribution < -0.4 is 5.32 Å². The molecule has 0 unspecified atom stereocenters. The number of nitrogens with zero attached hydrogens (tertiary/aromatic N) is 6. The lowest BCUT2D eigenvalue weighted by molar-refractivity contribution is -0.384. The van der Waals surface area contributed by atoms with Crippen molar-refractivity contribution in [3.8, 4) is 5.69 Å². The lowest BCUT2D eigenvalue weighted by Crippen LogP contribution is -2.45. The Morgan fingerprint density at radius 3 is 2.55 bits per heavy atom. The van der Waals surface area contributed by atoms with Crippen molar-refractivity contribution in [3.63, 3.8) is 0 Å². The van der Waals surface area contributed by atoms with Gasteiger partial charge in [-0.05, 0) is 44.2 Å². The summed E-state index contributed by atoms with van der Waals surface area (Å²) in [5.41, 5.74) is 2.98. The Bertz CT molecular complexity index is 1140. The fraction of sp³-hybridized carbons (Fsp3) is 0.348. The zero-order valence-corrected chi connectivity index (χ0v) is 18.8. The van der Waals surface area contributed by atoms with Crippen LogP contribution in [0.4, 0.5) is 11.4 Å². The van der Waals surface area contributed by atoms with Crippen LogP contribution in [0.5, 0.6) is 0 Å². The minimum absolute atomic E-state index is 0.0545. The highest BCUT2D eigenvalue weighted by molar-refractivity contribution is 6.03. The molecule has 0 aliphatic carbocycles. The summed E-state index contributed by atoms with van der Waals surface area (Å²) in [6, 6.07) is 13.9. The lowest BCUT2D eigenvalue weighted by atomic mass is 10.1. The summed E-state index contributed by atoms with van der Waals surface area (Å²) in [6.07, 6.45) is 0.967. The average molecular weight is 450 g/mol. The van der Waals surface area contributed by atoms with Crippen LogP contribution >= 0.6 is 0 Å². The Morgan fingerprint density at radius 2 is 1.85 bits per heavy atom. The Balaban J connectivity index is 1.37. The molecule has 1 aromatic heterocycles. The first-order valence-electron chi connectivity index (χ1n) is 10.9. The zero-order valence-electron chi connectivity index (χ0n) is 18.8. The van der Waals surface area contributed by atoms with Gasteiger partial charge < -0.3 is 15.1 Å². The van der Waals surface area contributed by atoms with Gasteiger partial charge in [0.1, 0.15) is 0 Å². The quantitative estimate of drug-likeness (QED) is 0.436. The van der Waals surface area contributed by atoms with E-state index in [0.717, 1.165) is 39.1 Å². The van der Waals surface area contributed by atoms with Crippen LogP contribution in [0.1, 0.15) is 21.7 Å². The number of nitro groups is 1. The first kappa shape index (κ1) is 22.6. The third kappa shape index (κ3) is 5.41. The second-order valence-electron chi connectivity index (χ2n) is 8.26. The van der Waals surface area contributed by atoms with Gasteiger partial charge in [-0.3, -0.25) is 14.9 Å². The van der Waals surface area contributed by atoms with Gasteiger partial charge in [0, 0.05) is 50.5 Å². The van der Waals surface area contributed by atoms with E-state index in [9.17, 15) is 14.9 Å². The number of carbonyl (C=O) groups excluding carboxylic acids is 1. The zero-order chi connectivity index (χ0) is 23.4. The Hall–Kier alpha value is -3.63. The summed E-state index contributed by atoms with van der Waals surface area (Å²) in [4.78, 5) is 28.1. The number of non-ortho nitro benzene ring substituents is 1. The number of aromatic nitrogens is 3. The SMILES string of the molecule is Cc1c(C(=O)Nc2ccc(CCN3CCN(C)CC3)cc2)nnn1-c1cccc([N+](=O)[O-])c1. The number of nitrogens with one attached hydrogen (secondary N) is 1. The number of amides is 1. The number of carbonyl (C=O) groups is 1. The van der Waals surface area contributed by atoms with Gasteiger partial charge in [0.25, 0.3) is 11.6 Å². The van der Waals surface area contributed by atoms with E-state index in [1.165, 1.54) is 22.4 Å². The topological polar surface area (TPSA) is 109 Å². The van der Waals surface area contributed by atoms with E-state index < -0.39 is 4.92 Å². The highest BCUT2D eigenvalue weighted by Crippen LogP contribution is 2.19. The van der Waals surface area contributed by atoms with Crippen LogP contribution in [0.3, 0.4) is 0 Å². The Morgan fingerprint density at radius 1 is 1.12 bits per heavy atom. The first-order valence-corrected chi connectivity index (χ1v) is 10.9. The third-order valence-electron chi connectivity index (χ3n) is 5.92. The number of piperazine rings is 1. The Labute approximate surface area is 192 Å². The number of benzene rings is 2. The molecule has 3 aromatic rings. The predicted molar refractivity (Wildman–Crippen MR) is 125 cm³/mol. The predicted octanol–water partition coefficient (Wildman–Crippen LogP) is 2.53. The molecule has 0 atom stereocenters. The molecule has 10 nitrogen and oxygen atoms in total. The van der Waals surface area contributed by atoms with Gasteiger partial charge >= 0.3 is 0 Å². The van der Waals surface area contributed by atoms with Crippen LogP contribution in [0, 0.1) is 17.0 Å². The van der Waals surface area contributed by atoms with Crippen molar-refractivity contribution >= 4 is 17.3 Å². The number of likely N-dealkylation sites (N-methyl/N-ethyl adjacent to an activating group) is 1. The molecule has 1 N–H and O–H groups in total. The average Bonchev–Trinajstić information content (AvgIpc) is 3.21. The maximum atomic E-state index is 12.8. The van der Waals surface area contributed by atoms with Crippen molar-refractivity contribution < 1.29 is 9.72 Å². The number of rotatable bonds is 7. The number of hydrogen-bond donors (Lipinski definition) is 1. The van der Waals surface area contributed by atoms with Gasteiger partial charge in [-0.15, -0.1) is 5.10 Å². The van der Waals surface area contributed by atoms with E-state index in [4.69, 9.17) is 0 Å². The molecule has 0 radical (unpaired) electrons. The molecule has 4 rings (SSSR count). The van der Waals surface area contributed by atoms with E-state index in [0.29, 0.717) is 17.1 Å². The van der Waals surface area contributed by atoms with Crippen molar-refractivity contribution in [1.82, 2.24) is 24.8 Å². The molecule has 33 heavy (non-hydrogen) atoms. The normalized spacial score (nSPS) is 14.8. The molecule has 1 saturated heterocycles. The molecule has 1 amide bonds. The van der Waals surface area contributed by atoms with Crippen molar-refractivity contribution in [2.75, 3.05) is 45.1 Å². The summed E-state index contributed by atoms with van der Waals surface area (Å²) in [5, 5.41) is 21.9. The highest BCUT2D eigenvalue weighted by atomic mass is 16.6. The number of nitro benzene ring substituents is 1. The second kappa shape index (κ2) is 9.88. The molecule has 2 heterocycles. The van der Waals surface area contributed by atoms with Gasteiger partial charge in [-0.2, -0.15) is 0 Å². The molecule has 2 aromatic carbocycles. The fourth-order valence-electron chi connectivity index (χ4n) is 3.83. The summed E-state index contributed by atoms with van der Waals surface area (Å²) >= 11 is 0. The molecule has 10 heteroatoms. The highest BCUT2D eigenvalue weighted by Gasteiger charge is 2.19. The maximum Gasteiger partial charge on any atom is 0.278 e. The largest absolute Gasteiger partial charge is 0.321 e. The molecule has 1 aliphatic rings. The summed E-state index contributed by atoms with van der Waals surface area (Å²) in [7, 11) is 2.15. The monoisotopic (exact) mass is 449 g/mol. The van der Waals surface area contributed by atoms with E-state index in [1.807, 2.05) is 24.3 Å². The van der Waals surface area contributed by atoms with Crippen LogP contribution in [-0.2, 0) is 6.42 Å². The molecular weight excluding hydrogens is 422 g/mol. The second-order valence-corrected chi connectivity index (χ2v) is 8.26. The molecule has 1 fully saturated rings. The fourth-order valence-corrected chi connectivity index (χ4v) is 3.83. The van der Waals surface area contributed by atoms with Crippen molar-refractivity contribution in [1.29, 1.82) is 0 Å². The molecule has 1 aliphatic heterocycles. The van der Waals surface area contributed by atoms with Crippen LogP contribution in [0.25, 0.3) is 5.69 Å². The summed E-state index contributed by atoms with van der Waals surface area (Å²) in [6.45, 7) is 7.14. The number of anilines is 1. The van der Waals surface area contributed by atoms with Gasteiger partial charge in [0.15, 0.2) is 5.69 Å². The molecule has 0 bridgehead atoms. The van der Waals surface area contributed by atoms with Crippen LogP contribution in [0.15, 0.2) is 48.5 Å². The standard InChI is InChI=1S/C23H27N7O3/c1-17-22(25-26-29(17)20-4-3-5-21(16-20)30(32)33)23(31)24-19-8-6-18(7-9-19)10-11-28-14-12-27(2)13-15-28/h3-9,16H,10-15H2,1-2H3,(H,24,31). The van der Waals surface area contributed by atoms with Crippen molar-refractivity contribution in [2.45, 2.75) is 13.3 Å². The first-order chi connectivity index (χ1) is 15.9. The maximum absolute atomic E-state index is 12.8. The van der Waals surface area contributed by atoms with Gasteiger partial charge in [-0.25, -0.2) is 4.68 Å². The molecular formula is C23H27N7O3. The lowest BCUT2D eigenvalue weighted by Gasteiger charge is -2.32. The summed E-state index contributed by atoms with van der Waals surface area (Å²) < 4.78 is 1.42. The van der Waals surface area contributed by atoms with E-state index in [2.05, 4.69) is 32.5 Å². The minimum atomic E-state index is -0.474. The van der Waals surface area contributed by atoms with E-state index in [1.54, 1.807) is 19.1 Å². The van der Waals surface area contributed by atoms with Gasteiger partial charge in [0.2, 0.25) is 0 Å². The van der Waals surface area contributed by atoms with E-state index in [-0.39, 0.29) is 17.3 Å². The third-order valence-corrected chi connectivity index (χ3v) is 5.92. The number of hydrogen-bond acceptors (Lipinski definition) is 7. The molecule has 172 valence electrons. The van der Waals surface area contributed by atoms with Crippen LogP contribution in [-0.4, -0.2) is 75.4 Å². The van der Waals surface area contributed by atoms with Crippen molar-refractivity contribution in [3.05, 3.63) is 75.6 Å². The smallest absolute Gasteiger partial charge is 0.278 e. The van der Waals surface area contributed by atoms with E-state index >= 15 is 0 Å².